The number of benzene rings is 3. The van der Waals surface area contributed by atoms with Gasteiger partial charge in [0.05, 0.1) is 0 Å². The third-order valence-corrected chi connectivity index (χ3v) is 6.23. The quantitative estimate of drug-likeness (QED) is 0.363. The predicted molar refractivity (Wildman–Crippen MR) is 136 cm³/mol. The van der Waals surface area contributed by atoms with Crippen molar-refractivity contribution in [3.05, 3.63) is 107 Å². The van der Waals surface area contributed by atoms with Crippen molar-refractivity contribution in [1.82, 2.24) is 14.8 Å². The van der Waals surface area contributed by atoms with Crippen LogP contribution in [0.3, 0.4) is 0 Å². The Morgan fingerprint density at radius 3 is 2.17 bits per heavy atom. The number of carbonyl (C=O) groups excluding carboxylic acids is 2. The van der Waals surface area contributed by atoms with Crippen LogP contribution in [-0.4, -0.2) is 39.7 Å². The Kier molecular flexibility index (Phi) is 7.60. The first-order valence-corrected chi connectivity index (χ1v) is 11.8. The molecular weight excluding hydrogens is 441 g/mol. The number of hydrogen-bond acceptors (Lipinski definition) is 2. The summed E-state index contributed by atoms with van der Waals surface area (Å²) >= 11 is 0. The molecule has 0 aliphatic rings. The Morgan fingerprint density at radius 2 is 1.49 bits per heavy atom. The van der Waals surface area contributed by atoms with E-state index in [0.717, 1.165) is 33.2 Å². The number of halogens is 1. The highest BCUT2D eigenvalue weighted by molar-refractivity contribution is 5.85. The van der Waals surface area contributed by atoms with Gasteiger partial charge in [0.2, 0.25) is 11.8 Å². The van der Waals surface area contributed by atoms with E-state index in [1.807, 2.05) is 60.5 Å². The Bertz CT molecular complexity index is 1300. The number of para-hydroxylation sites is 1. The van der Waals surface area contributed by atoms with Gasteiger partial charge in [-0.3, -0.25) is 9.59 Å². The maximum atomic E-state index is 13.5. The molecule has 1 aromatic heterocycles. The lowest BCUT2D eigenvalue weighted by molar-refractivity contribution is -0.140. The zero-order valence-electron chi connectivity index (χ0n) is 20.1. The van der Waals surface area contributed by atoms with E-state index < -0.39 is 0 Å². The molecule has 2 amide bonds. The summed E-state index contributed by atoms with van der Waals surface area (Å²) in [4.78, 5) is 32.4. The van der Waals surface area contributed by atoms with Crippen LogP contribution in [0.25, 0.3) is 10.9 Å². The molecule has 4 rings (SSSR count). The van der Waals surface area contributed by atoms with Crippen LogP contribution < -0.4 is 0 Å². The van der Waals surface area contributed by atoms with Crippen LogP contribution in [0.2, 0.25) is 0 Å². The first-order valence-electron chi connectivity index (χ1n) is 11.8. The van der Waals surface area contributed by atoms with Crippen LogP contribution >= 0.6 is 0 Å². The first-order chi connectivity index (χ1) is 16.9. The summed E-state index contributed by atoms with van der Waals surface area (Å²) in [6.45, 7) is 4.69. The van der Waals surface area contributed by atoms with Crippen LogP contribution in [0.15, 0.2) is 79.0 Å². The van der Waals surface area contributed by atoms with Crippen molar-refractivity contribution in [2.24, 2.45) is 0 Å². The summed E-state index contributed by atoms with van der Waals surface area (Å²) in [6, 6.07) is 22.2. The van der Waals surface area contributed by atoms with Gasteiger partial charge in [-0.15, -0.1) is 0 Å². The SMILES string of the molecule is CC(=O)N(CC(=O)N(CCc1c[nH]c2ccccc12)Cc1ccc(C)cc1)Cc1ccc(F)cc1. The second kappa shape index (κ2) is 11.0. The second-order valence-electron chi connectivity index (χ2n) is 8.91. The summed E-state index contributed by atoms with van der Waals surface area (Å²) in [6.07, 6.45) is 2.69. The fraction of sp³-hybridized carbons (Fsp3) is 0.241. The average molecular weight is 472 g/mol. The highest BCUT2D eigenvalue weighted by Crippen LogP contribution is 2.19. The predicted octanol–water partition coefficient (Wildman–Crippen LogP) is 5.24. The van der Waals surface area contributed by atoms with Crippen molar-refractivity contribution < 1.29 is 14.0 Å². The van der Waals surface area contributed by atoms with Gasteiger partial charge in [-0.2, -0.15) is 0 Å². The topological polar surface area (TPSA) is 56.4 Å². The largest absolute Gasteiger partial charge is 0.361 e. The smallest absolute Gasteiger partial charge is 0.242 e. The zero-order chi connectivity index (χ0) is 24.8. The van der Waals surface area contributed by atoms with Gasteiger partial charge in [0, 0.05) is 43.7 Å². The standard InChI is InChI=1S/C29H30FN3O2/c1-21-7-9-23(10-8-21)18-32(16-15-25-17-31-28-6-4-3-5-27(25)28)29(35)20-33(22(2)34)19-24-11-13-26(30)14-12-24/h3-14,17,31H,15-16,18-20H2,1-2H3. The van der Waals surface area contributed by atoms with Gasteiger partial charge < -0.3 is 14.8 Å². The van der Waals surface area contributed by atoms with Crippen LogP contribution in [0, 0.1) is 12.7 Å². The lowest BCUT2D eigenvalue weighted by Gasteiger charge is -2.27. The molecule has 0 saturated carbocycles. The fourth-order valence-electron chi connectivity index (χ4n) is 4.15. The number of carbonyl (C=O) groups is 2. The van der Waals surface area contributed by atoms with Gasteiger partial charge in [0.25, 0.3) is 0 Å². The third kappa shape index (κ3) is 6.35. The number of H-pyrrole nitrogens is 1. The van der Waals surface area contributed by atoms with Gasteiger partial charge in [0.15, 0.2) is 0 Å². The van der Waals surface area contributed by atoms with Crippen LogP contribution in [0.4, 0.5) is 4.39 Å². The summed E-state index contributed by atoms with van der Waals surface area (Å²) in [5.74, 6) is -0.655. The van der Waals surface area contributed by atoms with E-state index in [1.54, 1.807) is 12.1 Å². The van der Waals surface area contributed by atoms with E-state index in [9.17, 15) is 14.0 Å². The van der Waals surface area contributed by atoms with Gasteiger partial charge in [0.1, 0.15) is 12.4 Å². The van der Waals surface area contributed by atoms with Crippen molar-refractivity contribution >= 4 is 22.7 Å². The number of fused-ring (bicyclic) bond motifs is 1. The summed E-state index contributed by atoms with van der Waals surface area (Å²) < 4.78 is 13.3. The fourth-order valence-corrected chi connectivity index (χ4v) is 4.15. The molecule has 3 aromatic carbocycles. The number of aromatic nitrogens is 1. The number of hydrogen-bond donors (Lipinski definition) is 1. The number of nitrogens with one attached hydrogen (secondary N) is 1. The van der Waals surface area contributed by atoms with Gasteiger partial charge >= 0.3 is 0 Å². The minimum absolute atomic E-state index is 0.0353. The molecule has 0 radical (unpaired) electrons. The summed E-state index contributed by atoms with van der Waals surface area (Å²) in [5.41, 5.74) is 5.19. The zero-order valence-corrected chi connectivity index (χ0v) is 20.1. The molecule has 4 aromatic rings. The van der Waals surface area contributed by atoms with Crippen molar-refractivity contribution in [3.63, 3.8) is 0 Å². The highest BCUT2D eigenvalue weighted by Gasteiger charge is 2.20. The lowest BCUT2D eigenvalue weighted by Crippen LogP contribution is -2.42. The number of nitrogens with zero attached hydrogens (tertiary/aromatic N) is 2. The molecule has 0 bridgehead atoms. The Morgan fingerprint density at radius 1 is 0.857 bits per heavy atom. The van der Waals surface area contributed by atoms with Gasteiger partial charge in [-0.1, -0.05) is 60.2 Å². The van der Waals surface area contributed by atoms with Crippen molar-refractivity contribution in [2.45, 2.75) is 33.4 Å². The minimum atomic E-state index is -0.333. The Balaban J connectivity index is 1.51. The summed E-state index contributed by atoms with van der Waals surface area (Å²) in [5, 5.41) is 1.15. The molecular formula is C29H30FN3O2. The van der Waals surface area contributed by atoms with E-state index >= 15 is 0 Å². The molecule has 0 atom stereocenters. The monoisotopic (exact) mass is 471 g/mol. The van der Waals surface area contributed by atoms with E-state index in [0.29, 0.717) is 19.5 Å². The molecule has 6 heteroatoms. The molecule has 5 nitrogen and oxygen atoms in total. The second-order valence-corrected chi connectivity index (χ2v) is 8.91. The maximum absolute atomic E-state index is 13.5. The van der Waals surface area contributed by atoms with Crippen LogP contribution in [0.1, 0.15) is 29.2 Å². The molecule has 0 aliphatic carbocycles. The van der Waals surface area contributed by atoms with Crippen molar-refractivity contribution in [3.8, 4) is 0 Å². The van der Waals surface area contributed by atoms with E-state index in [2.05, 4.69) is 11.1 Å². The normalized spacial score (nSPS) is 10.9. The summed E-state index contributed by atoms with van der Waals surface area (Å²) in [7, 11) is 0. The molecule has 180 valence electrons. The Labute approximate surface area is 205 Å². The molecule has 0 fully saturated rings. The maximum Gasteiger partial charge on any atom is 0.242 e. The average Bonchev–Trinajstić information content (AvgIpc) is 3.27. The minimum Gasteiger partial charge on any atom is -0.361 e. The third-order valence-electron chi connectivity index (χ3n) is 6.23. The molecule has 0 aliphatic heterocycles. The number of aryl methyl sites for hydroxylation is 1. The number of rotatable bonds is 9. The molecule has 1 N–H and O–H groups in total. The van der Waals surface area contributed by atoms with Crippen molar-refractivity contribution in [2.75, 3.05) is 13.1 Å². The first kappa shape index (κ1) is 24.2. The van der Waals surface area contributed by atoms with E-state index in [4.69, 9.17) is 0 Å². The lowest BCUT2D eigenvalue weighted by atomic mass is 10.1. The number of aromatic amines is 1. The van der Waals surface area contributed by atoms with E-state index in [-0.39, 0.29) is 30.7 Å². The number of amides is 2. The molecule has 0 unspecified atom stereocenters. The van der Waals surface area contributed by atoms with Crippen LogP contribution in [-0.2, 0) is 29.1 Å². The highest BCUT2D eigenvalue weighted by atomic mass is 19.1. The van der Waals surface area contributed by atoms with Gasteiger partial charge in [-0.05, 0) is 48.2 Å². The van der Waals surface area contributed by atoms with Gasteiger partial charge in [-0.25, -0.2) is 4.39 Å². The Hall–Kier alpha value is -3.93. The molecule has 0 saturated heterocycles. The van der Waals surface area contributed by atoms with Crippen LogP contribution in [0.5, 0.6) is 0 Å². The van der Waals surface area contributed by atoms with Crippen molar-refractivity contribution in [1.29, 1.82) is 0 Å². The molecule has 0 spiro atoms. The van der Waals surface area contributed by atoms with E-state index in [1.165, 1.54) is 24.0 Å². The molecule has 35 heavy (non-hydrogen) atoms. The molecule has 1 heterocycles.